The molecular weight excluding hydrogens is 848 g/mol. The van der Waals surface area contributed by atoms with Gasteiger partial charge in [-0.1, -0.05) is 33.8 Å². The molecule has 65 heavy (non-hydrogen) atoms. The van der Waals surface area contributed by atoms with Crippen LogP contribution in [0.3, 0.4) is 0 Å². The first-order valence-corrected chi connectivity index (χ1v) is 23.4. The van der Waals surface area contributed by atoms with Crippen molar-refractivity contribution in [3.8, 4) is 0 Å². The predicted molar refractivity (Wildman–Crippen MR) is 241 cm³/mol. The molecule has 3 heterocycles. The van der Waals surface area contributed by atoms with Crippen LogP contribution in [-0.2, 0) is 33.2 Å². The Kier molecular flexibility index (Phi) is 19.2. The average molecular weight is 929 g/mol. The molecule has 17 nitrogen and oxygen atoms in total. The van der Waals surface area contributed by atoms with Crippen molar-refractivity contribution in [3.05, 3.63) is 30.1 Å². The monoisotopic (exact) mass is 929 g/mol. The number of nitrogens with one attached hydrogen (secondary N) is 3. The van der Waals surface area contributed by atoms with Crippen molar-refractivity contribution in [3.63, 3.8) is 0 Å². The number of hydrogen-bond acceptors (Lipinski definition) is 15. The number of carbonyl (C=O) groups is 2. The maximum absolute atomic E-state index is 14.5. The van der Waals surface area contributed by atoms with E-state index in [1.807, 2.05) is 13.8 Å². The normalized spacial score (nSPS) is 42.6. The van der Waals surface area contributed by atoms with E-state index in [1.165, 1.54) is 44.2 Å². The van der Waals surface area contributed by atoms with Crippen LogP contribution in [0, 0.1) is 23.6 Å². The Morgan fingerprint density at radius 3 is 2.31 bits per heavy atom. The molecule has 3 fully saturated rings. The minimum absolute atomic E-state index is 0.0256. The van der Waals surface area contributed by atoms with E-state index >= 15 is 0 Å². The number of methoxy groups -OCH3 is 1. The highest BCUT2D eigenvalue weighted by Gasteiger charge is 2.58. The van der Waals surface area contributed by atoms with E-state index in [9.17, 15) is 39.5 Å². The lowest BCUT2D eigenvalue weighted by molar-refractivity contribution is -0.336. The fourth-order valence-electron chi connectivity index (χ4n) is 10.0. The third-order valence-corrected chi connectivity index (χ3v) is 14.2. The van der Waals surface area contributed by atoms with Gasteiger partial charge in [-0.15, -0.1) is 0 Å². The summed E-state index contributed by atoms with van der Waals surface area (Å²) in [5, 5.41) is 69.3. The van der Waals surface area contributed by atoms with Gasteiger partial charge in [0, 0.05) is 44.8 Å². The Morgan fingerprint density at radius 2 is 1.69 bits per heavy atom. The zero-order valence-corrected chi connectivity index (χ0v) is 40.9. The molecule has 3 saturated heterocycles. The average Bonchev–Trinajstić information content (AvgIpc) is 3.24. The molecule has 0 bridgehead atoms. The number of likely N-dealkylation sites (N-methyl/N-ethyl adjacent to an activating group) is 1. The van der Waals surface area contributed by atoms with Gasteiger partial charge in [0.15, 0.2) is 12.6 Å². The number of halogens is 1. The summed E-state index contributed by atoms with van der Waals surface area (Å²) in [6.45, 7) is 20.1. The van der Waals surface area contributed by atoms with E-state index in [1.54, 1.807) is 61.5 Å². The Hall–Kier alpha value is -2.59. The van der Waals surface area contributed by atoms with Crippen LogP contribution in [0.4, 0.5) is 14.9 Å². The topological polar surface area (TPSA) is 230 Å². The fraction of sp³-hybridized carbons (Fsp3) is 0.830. The number of cyclic esters (lactones) is 1. The summed E-state index contributed by atoms with van der Waals surface area (Å²) in [5.74, 6) is -3.61. The number of ether oxygens (including phenoxy) is 6. The number of hydrogen-bond donors (Lipinski definition) is 8. The number of carbonyl (C=O) groups excluding carboxylic acids is 2. The van der Waals surface area contributed by atoms with Gasteiger partial charge < -0.3 is 74.8 Å². The molecule has 3 aliphatic heterocycles. The molecular formula is C47H81FN4O13. The van der Waals surface area contributed by atoms with Crippen molar-refractivity contribution in [1.82, 2.24) is 15.5 Å². The predicted octanol–water partition coefficient (Wildman–Crippen LogP) is 3.67. The van der Waals surface area contributed by atoms with E-state index < -0.39 is 119 Å². The summed E-state index contributed by atoms with van der Waals surface area (Å²) in [6.07, 6.45) is -8.88. The van der Waals surface area contributed by atoms with Crippen LogP contribution < -0.4 is 16.0 Å². The van der Waals surface area contributed by atoms with Crippen molar-refractivity contribution in [2.75, 3.05) is 39.1 Å². The molecule has 0 radical (unpaired) electrons. The minimum atomic E-state index is -1.87. The summed E-state index contributed by atoms with van der Waals surface area (Å²) in [5.41, 5.74) is -6.07. The lowest BCUT2D eigenvalue weighted by Crippen LogP contribution is -2.70. The van der Waals surface area contributed by atoms with Crippen LogP contribution >= 0.6 is 0 Å². The van der Waals surface area contributed by atoms with Gasteiger partial charge in [0.25, 0.3) is 0 Å². The number of urea groups is 1. The van der Waals surface area contributed by atoms with Gasteiger partial charge in [0.05, 0.1) is 42.0 Å². The first-order valence-electron chi connectivity index (χ1n) is 23.4. The number of esters is 1. The zero-order valence-electron chi connectivity index (χ0n) is 40.9. The van der Waals surface area contributed by atoms with Gasteiger partial charge >= 0.3 is 12.0 Å². The van der Waals surface area contributed by atoms with Gasteiger partial charge in [-0.25, -0.2) is 9.18 Å². The van der Waals surface area contributed by atoms with Crippen LogP contribution in [0.1, 0.15) is 108 Å². The molecule has 1 aromatic rings. The second-order valence-corrected chi connectivity index (χ2v) is 19.8. The molecule has 0 unspecified atom stereocenters. The standard InChI is InChI=1S/C47H81FN4O13/c1-14-19-49-25-47(59)31(8)62-36(23-45(47,10)60-13)64-38-28(5)40(65-42-37(53)34(20-27(4)61-42)52(12)43(56)51-33-18-16-17-32(48)21-33)44(9,57)22-26(3)24-50-30(7)39(54)46(11,58)35(15-2)63-41(55)29(38)6/h16-18,21,26-31,34-40,42,49-50,53-54,57-59H,14-15,19-20,22-25H2,1-13H3,(H,51,56)/t26-,27-,28+,29-,30-,31+,34+,35-,36+,37-,38+,39-,40-,42+,44-,45-,46-,47+/m1/s1. The van der Waals surface area contributed by atoms with Gasteiger partial charge in [0.1, 0.15) is 40.9 Å². The van der Waals surface area contributed by atoms with Crippen LogP contribution in [0.25, 0.3) is 0 Å². The van der Waals surface area contributed by atoms with Gasteiger partial charge in [-0.3, -0.25) is 4.79 Å². The van der Waals surface area contributed by atoms with Crippen LogP contribution in [0.2, 0.25) is 0 Å². The summed E-state index contributed by atoms with van der Waals surface area (Å²) in [4.78, 5) is 29.3. The van der Waals surface area contributed by atoms with Gasteiger partial charge in [-0.2, -0.15) is 0 Å². The van der Waals surface area contributed by atoms with Crippen LogP contribution in [0.15, 0.2) is 24.3 Å². The van der Waals surface area contributed by atoms with E-state index in [4.69, 9.17) is 28.4 Å². The molecule has 18 heteroatoms. The Bertz CT molecular complexity index is 1700. The number of amides is 2. The van der Waals surface area contributed by atoms with Crippen LogP contribution in [0.5, 0.6) is 0 Å². The molecule has 2 amide bonds. The molecule has 0 saturated carbocycles. The third-order valence-electron chi connectivity index (χ3n) is 14.2. The largest absolute Gasteiger partial charge is 0.459 e. The number of aliphatic hydroxyl groups is 5. The molecule has 8 N–H and O–H groups in total. The molecule has 0 aromatic heterocycles. The second kappa shape index (κ2) is 22.7. The first-order chi connectivity index (χ1) is 30.3. The molecule has 0 spiro atoms. The van der Waals surface area contributed by atoms with Crippen molar-refractivity contribution in [2.24, 2.45) is 17.8 Å². The van der Waals surface area contributed by atoms with Crippen molar-refractivity contribution in [1.29, 1.82) is 0 Å². The van der Waals surface area contributed by atoms with Gasteiger partial charge in [-0.05, 0) is 111 Å². The summed E-state index contributed by atoms with van der Waals surface area (Å²) >= 11 is 0. The Labute approximate surface area is 385 Å². The van der Waals surface area contributed by atoms with E-state index in [2.05, 4.69) is 16.0 Å². The van der Waals surface area contributed by atoms with E-state index in [-0.39, 0.29) is 43.8 Å². The highest BCUT2D eigenvalue weighted by molar-refractivity contribution is 5.89. The molecule has 18 atom stereocenters. The number of aliphatic hydroxyl groups excluding tert-OH is 2. The maximum Gasteiger partial charge on any atom is 0.321 e. The highest BCUT2D eigenvalue weighted by Crippen LogP contribution is 2.43. The lowest BCUT2D eigenvalue weighted by atomic mass is 9.75. The number of rotatable bonds is 12. The first kappa shape index (κ1) is 55.0. The fourth-order valence-corrected chi connectivity index (χ4v) is 10.0. The highest BCUT2D eigenvalue weighted by atomic mass is 19.1. The van der Waals surface area contributed by atoms with Crippen LogP contribution in [-0.4, -0.2) is 166 Å². The quantitative estimate of drug-likeness (QED) is 0.111. The molecule has 3 aliphatic rings. The van der Waals surface area contributed by atoms with Crippen molar-refractivity contribution >= 4 is 17.7 Å². The minimum Gasteiger partial charge on any atom is -0.459 e. The van der Waals surface area contributed by atoms with Crippen molar-refractivity contribution in [2.45, 2.75) is 198 Å². The zero-order chi connectivity index (χ0) is 48.8. The lowest BCUT2D eigenvalue weighted by Gasteiger charge is -2.53. The SMILES string of the molecule is CCCNC[C@]1(O)[C@H](C)O[C@@H](O[C@H]2[C@H](C)[C@@H](O[C@@H]3O[C@H](C)C[C@H](N(C)C(=O)Nc4cccc(F)c4)[C@H]3O)[C@](C)(O)C[C@@H](C)CN[C@H](C)[C@@H](O)[C@](C)(O)[C@@H](CC)OC(=O)[C@@H]2C)C[C@@]1(C)OC. The number of benzene rings is 1. The second-order valence-electron chi connectivity index (χ2n) is 19.8. The molecule has 374 valence electrons. The number of nitrogens with zero attached hydrogens (tertiary/aromatic N) is 1. The summed E-state index contributed by atoms with van der Waals surface area (Å²) < 4.78 is 52.4. The smallest absolute Gasteiger partial charge is 0.321 e. The third kappa shape index (κ3) is 12.7. The molecule has 1 aromatic carbocycles. The number of anilines is 1. The van der Waals surface area contributed by atoms with Crippen molar-refractivity contribution < 1.29 is 67.9 Å². The summed E-state index contributed by atoms with van der Waals surface area (Å²) in [6, 6.07) is 3.32. The van der Waals surface area contributed by atoms with Gasteiger partial charge in [0.2, 0.25) is 0 Å². The molecule has 4 rings (SSSR count). The maximum atomic E-state index is 14.5. The summed E-state index contributed by atoms with van der Waals surface area (Å²) in [7, 11) is 3.01. The Balaban J connectivity index is 1.79. The molecule has 0 aliphatic carbocycles. The van der Waals surface area contributed by atoms with E-state index in [0.29, 0.717) is 13.1 Å². The Morgan fingerprint density at radius 1 is 1.02 bits per heavy atom. The van der Waals surface area contributed by atoms with E-state index in [0.717, 1.165) is 6.42 Å².